The first-order chi connectivity index (χ1) is 14.3. The van der Waals surface area contributed by atoms with Crippen LogP contribution in [-0.4, -0.2) is 24.0 Å². The van der Waals surface area contributed by atoms with Gasteiger partial charge in [-0.25, -0.2) is 0 Å². The summed E-state index contributed by atoms with van der Waals surface area (Å²) in [6, 6.07) is 26.0. The van der Waals surface area contributed by atoms with Crippen LogP contribution in [0.3, 0.4) is 0 Å². The van der Waals surface area contributed by atoms with Crippen LogP contribution in [0.1, 0.15) is 41.0 Å². The summed E-state index contributed by atoms with van der Waals surface area (Å²) in [4.78, 5) is 15.1. The Balaban J connectivity index is 1.59. The third-order valence-corrected chi connectivity index (χ3v) is 5.19. The molecule has 0 saturated heterocycles. The molecular formula is C25H26N2O2. The number of hydrogen-bond acceptors (Lipinski definition) is 3. The quantitative estimate of drug-likeness (QED) is 0.600. The van der Waals surface area contributed by atoms with Crippen molar-refractivity contribution in [1.29, 1.82) is 0 Å². The first kappa shape index (κ1) is 19.1. The Bertz CT molecular complexity index is 971. The fourth-order valence-electron chi connectivity index (χ4n) is 3.77. The number of amides is 1. The lowest BCUT2D eigenvalue weighted by Gasteiger charge is -2.38. The highest BCUT2D eigenvalue weighted by Gasteiger charge is 2.33. The molecule has 4 rings (SSSR count). The molecule has 4 heteroatoms. The van der Waals surface area contributed by atoms with Gasteiger partial charge >= 0.3 is 0 Å². The number of ether oxygens (including phenoxy) is 1. The Hall–Kier alpha value is -3.27. The maximum Gasteiger partial charge on any atom is 0.257 e. The Kier molecular flexibility index (Phi) is 5.80. The van der Waals surface area contributed by atoms with Gasteiger partial charge in [-0.05, 0) is 30.2 Å². The van der Waals surface area contributed by atoms with Crippen LogP contribution in [-0.2, 0) is 6.42 Å². The molecule has 1 N–H and O–H groups in total. The summed E-state index contributed by atoms with van der Waals surface area (Å²) in [5, 5.41) is 3.55. The highest BCUT2D eigenvalue weighted by Crippen LogP contribution is 2.36. The normalized spacial score (nSPS) is 15.6. The van der Waals surface area contributed by atoms with Crippen LogP contribution in [0.2, 0.25) is 0 Å². The Morgan fingerprint density at radius 3 is 2.48 bits per heavy atom. The summed E-state index contributed by atoms with van der Waals surface area (Å²) in [6.45, 7) is 3.36. The summed E-state index contributed by atoms with van der Waals surface area (Å²) < 4.78 is 6.17. The number of nitrogens with zero attached hydrogens (tertiary/aromatic N) is 1. The summed E-state index contributed by atoms with van der Waals surface area (Å²) in [6.07, 6.45) is 1.49. The van der Waals surface area contributed by atoms with E-state index < -0.39 is 0 Å². The minimum atomic E-state index is -0.245. The van der Waals surface area contributed by atoms with Gasteiger partial charge in [0.2, 0.25) is 0 Å². The molecule has 4 nitrogen and oxygen atoms in total. The van der Waals surface area contributed by atoms with E-state index in [1.165, 1.54) is 5.56 Å². The standard InChI is InChI=1S/C25H26N2O2/c1-2-17-27-24(26-22-14-8-6-12-20(22)25(27)28)21-13-7-9-15-23(21)29-18-16-19-10-4-3-5-11-19/h3-15,24,26H,2,16-18H2,1H3. The maximum absolute atomic E-state index is 13.1. The molecule has 1 atom stereocenters. The average molecular weight is 386 g/mol. The fourth-order valence-corrected chi connectivity index (χ4v) is 3.77. The Morgan fingerprint density at radius 1 is 0.931 bits per heavy atom. The van der Waals surface area contributed by atoms with Gasteiger partial charge in [-0.15, -0.1) is 0 Å². The number of anilines is 1. The molecule has 1 unspecified atom stereocenters. The predicted octanol–water partition coefficient (Wildman–Crippen LogP) is 5.28. The van der Waals surface area contributed by atoms with Crippen molar-refractivity contribution in [1.82, 2.24) is 4.90 Å². The van der Waals surface area contributed by atoms with Crippen LogP contribution in [0.25, 0.3) is 0 Å². The predicted molar refractivity (Wildman–Crippen MR) is 116 cm³/mol. The topological polar surface area (TPSA) is 41.6 Å². The second-order valence-electron chi connectivity index (χ2n) is 7.21. The van der Waals surface area contributed by atoms with Crippen LogP contribution in [0.5, 0.6) is 5.75 Å². The SMILES string of the molecule is CCCN1C(=O)c2ccccc2NC1c1ccccc1OCCc1ccccc1. The number of para-hydroxylation sites is 2. The molecule has 3 aromatic carbocycles. The molecule has 0 fully saturated rings. The molecule has 0 aromatic heterocycles. The molecule has 0 saturated carbocycles. The van der Waals surface area contributed by atoms with Crippen molar-refractivity contribution in [2.45, 2.75) is 25.9 Å². The molecule has 0 aliphatic carbocycles. The van der Waals surface area contributed by atoms with E-state index in [9.17, 15) is 4.79 Å². The molecule has 1 heterocycles. The van der Waals surface area contributed by atoms with E-state index in [1.54, 1.807) is 0 Å². The van der Waals surface area contributed by atoms with Gasteiger partial charge in [0.05, 0.1) is 12.2 Å². The molecule has 3 aromatic rings. The van der Waals surface area contributed by atoms with Crippen LogP contribution in [0.4, 0.5) is 5.69 Å². The molecule has 1 aliphatic rings. The Morgan fingerprint density at radius 2 is 1.66 bits per heavy atom. The van der Waals surface area contributed by atoms with E-state index in [-0.39, 0.29) is 12.1 Å². The van der Waals surface area contributed by atoms with E-state index in [0.717, 1.165) is 35.4 Å². The third-order valence-electron chi connectivity index (χ3n) is 5.19. The molecule has 148 valence electrons. The lowest BCUT2D eigenvalue weighted by Crippen LogP contribution is -2.43. The Labute approximate surface area is 172 Å². The number of hydrogen-bond donors (Lipinski definition) is 1. The molecule has 1 amide bonds. The monoisotopic (exact) mass is 386 g/mol. The van der Waals surface area contributed by atoms with Gasteiger partial charge in [-0.3, -0.25) is 4.79 Å². The number of carbonyl (C=O) groups excluding carboxylic acids is 1. The van der Waals surface area contributed by atoms with Crippen molar-refractivity contribution in [2.75, 3.05) is 18.5 Å². The van der Waals surface area contributed by atoms with Gasteiger partial charge in [0.1, 0.15) is 11.9 Å². The van der Waals surface area contributed by atoms with E-state index in [4.69, 9.17) is 4.74 Å². The van der Waals surface area contributed by atoms with Crippen LogP contribution >= 0.6 is 0 Å². The summed E-state index contributed by atoms with van der Waals surface area (Å²) in [5.74, 6) is 0.875. The highest BCUT2D eigenvalue weighted by atomic mass is 16.5. The highest BCUT2D eigenvalue weighted by molar-refractivity contribution is 6.01. The second-order valence-corrected chi connectivity index (χ2v) is 7.21. The summed E-state index contributed by atoms with van der Waals surface area (Å²) in [5.41, 5.74) is 3.82. The van der Waals surface area contributed by atoms with Gasteiger partial charge in [0.25, 0.3) is 5.91 Å². The smallest absolute Gasteiger partial charge is 0.257 e. The van der Waals surface area contributed by atoms with Crippen LogP contribution in [0.15, 0.2) is 78.9 Å². The van der Waals surface area contributed by atoms with E-state index in [0.29, 0.717) is 13.2 Å². The van der Waals surface area contributed by atoms with Crippen molar-refractivity contribution in [2.24, 2.45) is 0 Å². The van der Waals surface area contributed by atoms with Crippen molar-refractivity contribution >= 4 is 11.6 Å². The lowest BCUT2D eigenvalue weighted by molar-refractivity contribution is 0.0681. The van der Waals surface area contributed by atoms with E-state index >= 15 is 0 Å². The van der Waals surface area contributed by atoms with Crippen molar-refractivity contribution in [3.8, 4) is 5.75 Å². The largest absolute Gasteiger partial charge is 0.493 e. The van der Waals surface area contributed by atoms with Crippen molar-refractivity contribution in [3.05, 3.63) is 95.6 Å². The molecule has 0 bridgehead atoms. The molecule has 0 radical (unpaired) electrons. The zero-order valence-electron chi connectivity index (χ0n) is 16.7. The van der Waals surface area contributed by atoms with Gasteiger partial charge in [0, 0.05) is 24.2 Å². The fraction of sp³-hybridized carbons (Fsp3) is 0.240. The molecule has 29 heavy (non-hydrogen) atoms. The average Bonchev–Trinajstić information content (AvgIpc) is 2.77. The van der Waals surface area contributed by atoms with Gasteiger partial charge in [0.15, 0.2) is 0 Å². The zero-order valence-corrected chi connectivity index (χ0v) is 16.7. The lowest BCUT2D eigenvalue weighted by atomic mass is 10.0. The van der Waals surface area contributed by atoms with E-state index in [2.05, 4.69) is 24.4 Å². The number of nitrogens with one attached hydrogen (secondary N) is 1. The van der Waals surface area contributed by atoms with Crippen LogP contribution < -0.4 is 10.1 Å². The number of rotatable bonds is 7. The molecule has 0 spiro atoms. The number of carbonyl (C=O) groups is 1. The van der Waals surface area contributed by atoms with Crippen LogP contribution in [0, 0.1) is 0 Å². The summed E-state index contributed by atoms with van der Waals surface area (Å²) >= 11 is 0. The van der Waals surface area contributed by atoms with Crippen molar-refractivity contribution < 1.29 is 9.53 Å². The van der Waals surface area contributed by atoms with Gasteiger partial charge < -0.3 is 15.0 Å². The summed E-state index contributed by atoms with van der Waals surface area (Å²) in [7, 11) is 0. The molecular weight excluding hydrogens is 360 g/mol. The minimum absolute atomic E-state index is 0.0605. The zero-order chi connectivity index (χ0) is 20.1. The van der Waals surface area contributed by atoms with Gasteiger partial charge in [-0.2, -0.15) is 0 Å². The third kappa shape index (κ3) is 4.11. The maximum atomic E-state index is 13.1. The molecule has 1 aliphatic heterocycles. The minimum Gasteiger partial charge on any atom is -0.493 e. The number of benzene rings is 3. The number of fused-ring (bicyclic) bond motifs is 1. The van der Waals surface area contributed by atoms with Gasteiger partial charge in [-0.1, -0.05) is 67.6 Å². The van der Waals surface area contributed by atoms with E-state index in [1.807, 2.05) is 71.6 Å². The first-order valence-electron chi connectivity index (χ1n) is 10.2. The second kappa shape index (κ2) is 8.82. The first-order valence-corrected chi connectivity index (χ1v) is 10.2. The van der Waals surface area contributed by atoms with Crippen molar-refractivity contribution in [3.63, 3.8) is 0 Å².